The van der Waals surface area contributed by atoms with Crippen LogP contribution in [0.25, 0.3) is 10.2 Å². The average molecular weight is 331 g/mol. The van der Waals surface area contributed by atoms with Crippen molar-refractivity contribution in [1.82, 2.24) is 4.98 Å². The van der Waals surface area contributed by atoms with Crippen LogP contribution in [0.3, 0.4) is 0 Å². The third-order valence-electron chi connectivity index (χ3n) is 3.22. The summed E-state index contributed by atoms with van der Waals surface area (Å²) in [5, 5.41) is 14.6. The number of ether oxygens (including phenoxy) is 2. The highest BCUT2D eigenvalue weighted by Gasteiger charge is 2.11. The van der Waals surface area contributed by atoms with E-state index in [0.29, 0.717) is 22.1 Å². The summed E-state index contributed by atoms with van der Waals surface area (Å²) in [7, 11) is 3.14. The number of benzene rings is 2. The largest absolute Gasteiger partial charge is 0.493 e. The molecule has 0 aliphatic carbocycles. The van der Waals surface area contributed by atoms with E-state index in [0.717, 1.165) is 10.4 Å². The van der Waals surface area contributed by atoms with Gasteiger partial charge in [0.05, 0.1) is 29.4 Å². The van der Waals surface area contributed by atoms with Crippen LogP contribution in [-0.4, -0.2) is 24.1 Å². The lowest BCUT2D eigenvalue weighted by atomic mass is 10.3. The maximum atomic E-state index is 10.8. The number of nitro benzene ring substituents is 1. The molecule has 0 aliphatic heterocycles. The number of methoxy groups -OCH3 is 2. The molecule has 8 heteroatoms. The summed E-state index contributed by atoms with van der Waals surface area (Å²) < 4.78 is 11.2. The van der Waals surface area contributed by atoms with E-state index in [2.05, 4.69) is 10.3 Å². The van der Waals surface area contributed by atoms with Gasteiger partial charge < -0.3 is 14.8 Å². The van der Waals surface area contributed by atoms with Crippen LogP contribution in [0.5, 0.6) is 11.5 Å². The Morgan fingerprint density at radius 3 is 2.61 bits per heavy atom. The third kappa shape index (κ3) is 3.02. The van der Waals surface area contributed by atoms with Gasteiger partial charge >= 0.3 is 0 Å². The predicted molar refractivity (Wildman–Crippen MR) is 89.1 cm³/mol. The van der Waals surface area contributed by atoms with Crippen molar-refractivity contribution in [2.75, 3.05) is 19.5 Å². The van der Waals surface area contributed by atoms with Crippen molar-refractivity contribution in [2.45, 2.75) is 0 Å². The Morgan fingerprint density at radius 2 is 1.91 bits per heavy atom. The summed E-state index contributed by atoms with van der Waals surface area (Å²) in [4.78, 5) is 14.8. The monoisotopic (exact) mass is 331 g/mol. The Morgan fingerprint density at radius 1 is 1.13 bits per heavy atom. The van der Waals surface area contributed by atoms with Gasteiger partial charge in [-0.15, -0.1) is 0 Å². The second kappa shape index (κ2) is 6.09. The van der Waals surface area contributed by atoms with Crippen LogP contribution in [0.1, 0.15) is 0 Å². The Bertz CT molecular complexity index is 878. The van der Waals surface area contributed by atoms with Gasteiger partial charge in [-0.05, 0) is 18.2 Å². The van der Waals surface area contributed by atoms with Crippen molar-refractivity contribution in [2.24, 2.45) is 0 Å². The fourth-order valence-electron chi connectivity index (χ4n) is 2.12. The topological polar surface area (TPSA) is 86.5 Å². The molecule has 2 aromatic carbocycles. The average Bonchev–Trinajstić information content (AvgIpc) is 2.95. The maximum Gasteiger partial charge on any atom is 0.270 e. The number of thiazole rings is 1. The van der Waals surface area contributed by atoms with E-state index in [1.54, 1.807) is 32.4 Å². The van der Waals surface area contributed by atoms with Crippen molar-refractivity contribution in [1.29, 1.82) is 0 Å². The van der Waals surface area contributed by atoms with Crippen LogP contribution in [0.15, 0.2) is 36.4 Å². The van der Waals surface area contributed by atoms with Gasteiger partial charge in [-0.2, -0.15) is 0 Å². The summed E-state index contributed by atoms with van der Waals surface area (Å²) >= 11 is 1.35. The van der Waals surface area contributed by atoms with Crippen LogP contribution in [0.2, 0.25) is 0 Å². The quantitative estimate of drug-likeness (QED) is 0.562. The van der Waals surface area contributed by atoms with Gasteiger partial charge in [-0.3, -0.25) is 10.1 Å². The molecule has 0 unspecified atom stereocenters. The van der Waals surface area contributed by atoms with Gasteiger partial charge in [-0.25, -0.2) is 4.98 Å². The minimum absolute atomic E-state index is 0.0545. The highest BCUT2D eigenvalue weighted by molar-refractivity contribution is 7.22. The fourth-order valence-corrected chi connectivity index (χ4v) is 3.04. The van der Waals surface area contributed by atoms with E-state index in [-0.39, 0.29) is 5.69 Å². The van der Waals surface area contributed by atoms with E-state index in [1.807, 2.05) is 6.07 Å². The number of anilines is 2. The normalized spacial score (nSPS) is 10.5. The molecule has 0 atom stereocenters. The molecule has 0 saturated carbocycles. The number of non-ortho nitro benzene ring substituents is 1. The SMILES string of the molecule is COc1ccc(Nc2nc3ccc([N+](=O)[O-])cc3s2)cc1OC. The standard InChI is InChI=1S/C15H13N3O4S/c1-21-12-6-3-9(7-13(12)22-2)16-15-17-11-5-4-10(18(19)20)8-14(11)23-15/h3-8H,1-2H3,(H,16,17). The van der Waals surface area contributed by atoms with Crippen molar-refractivity contribution in [3.8, 4) is 11.5 Å². The van der Waals surface area contributed by atoms with Crippen molar-refractivity contribution in [3.05, 3.63) is 46.5 Å². The molecule has 0 fully saturated rings. The number of nitro groups is 1. The van der Waals surface area contributed by atoms with Gasteiger partial charge in [0, 0.05) is 23.9 Å². The van der Waals surface area contributed by atoms with E-state index in [9.17, 15) is 10.1 Å². The first-order chi connectivity index (χ1) is 11.1. The van der Waals surface area contributed by atoms with Gasteiger partial charge in [0.15, 0.2) is 16.6 Å². The number of fused-ring (bicyclic) bond motifs is 1. The molecule has 0 amide bonds. The first-order valence-electron chi connectivity index (χ1n) is 6.65. The Labute approximate surface area is 135 Å². The van der Waals surface area contributed by atoms with E-state index >= 15 is 0 Å². The molecular formula is C15H13N3O4S. The van der Waals surface area contributed by atoms with Gasteiger partial charge in [0.2, 0.25) is 0 Å². The zero-order chi connectivity index (χ0) is 16.4. The lowest BCUT2D eigenvalue weighted by molar-refractivity contribution is -0.384. The van der Waals surface area contributed by atoms with Gasteiger partial charge in [-0.1, -0.05) is 11.3 Å². The highest BCUT2D eigenvalue weighted by Crippen LogP contribution is 2.34. The Balaban J connectivity index is 1.90. The van der Waals surface area contributed by atoms with Crippen LogP contribution in [-0.2, 0) is 0 Å². The number of hydrogen-bond acceptors (Lipinski definition) is 7. The number of hydrogen-bond donors (Lipinski definition) is 1. The summed E-state index contributed by atoms with van der Waals surface area (Å²) in [6, 6.07) is 10.0. The molecule has 3 rings (SSSR count). The Hall–Kier alpha value is -2.87. The molecule has 118 valence electrons. The lowest BCUT2D eigenvalue weighted by Gasteiger charge is -2.09. The second-order valence-corrected chi connectivity index (χ2v) is 5.65. The lowest BCUT2D eigenvalue weighted by Crippen LogP contribution is -1.93. The number of aromatic nitrogens is 1. The number of rotatable bonds is 5. The zero-order valence-corrected chi connectivity index (χ0v) is 13.2. The summed E-state index contributed by atoms with van der Waals surface area (Å²) in [5.41, 5.74) is 1.55. The van der Waals surface area contributed by atoms with Crippen molar-refractivity contribution < 1.29 is 14.4 Å². The molecule has 0 saturated heterocycles. The van der Waals surface area contributed by atoms with E-state index in [1.165, 1.54) is 23.5 Å². The predicted octanol–water partition coefficient (Wildman–Crippen LogP) is 3.97. The van der Waals surface area contributed by atoms with E-state index in [4.69, 9.17) is 9.47 Å². The van der Waals surface area contributed by atoms with Crippen LogP contribution in [0.4, 0.5) is 16.5 Å². The van der Waals surface area contributed by atoms with E-state index < -0.39 is 4.92 Å². The zero-order valence-electron chi connectivity index (χ0n) is 12.4. The molecule has 0 radical (unpaired) electrons. The molecule has 0 aliphatic rings. The van der Waals surface area contributed by atoms with Gasteiger partial charge in [0.1, 0.15) is 0 Å². The first-order valence-corrected chi connectivity index (χ1v) is 7.46. The van der Waals surface area contributed by atoms with Crippen LogP contribution >= 0.6 is 11.3 Å². The molecule has 1 aromatic heterocycles. The molecule has 0 bridgehead atoms. The summed E-state index contributed by atoms with van der Waals surface area (Å²) in [6.45, 7) is 0. The van der Waals surface area contributed by atoms with Crippen LogP contribution < -0.4 is 14.8 Å². The summed E-state index contributed by atoms with van der Waals surface area (Å²) in [6.07, 6.45) is 0. The summed E-state index contributed by atoms with van der Waals surface area (Å²) in [5.74, 6) is 1.24. The molecular weight excluding hydrogens is 318 g/mol. The van der Waals surface area contributed by atoms with Crippen molar-refractivity contribution >= 4 is 38.1 Å². The Kier molecular flexibility index (Phi) is 3.98. The molecule has 1 N–H and O–H groups in total. The third-order valence-corrected chi connectivity index (χ3v) is 4.15. The van der Waals surface area contributed by atoms with Crippen molar-refractivity contribution in [3.63, 3.8) is 0 Å². The molecule has 23 heavy (non-hydrogen) atoms. The van der Waals surface area contributed by atoms with Crippen LogP contribution in [0, 0.1) is 10.1 Å². The minimum atomic E-state index is -0.416. The minimum Gasteiger partial charge on any atom is -0.493 e. The highest BCUT2D eigenvalue weighted by atomic mass is 32.1. The number of nitrogens with zero attached hydrogens (tertiary/aromatic N) is 2. The molecule has 3 aromatic rings. The fraction of sp³-hybridized carbons (Fsp3) is 0.133. The maximum absolute atomic E-state index is 10.8. The molecule has 1 heterocycles. The first kappa shape index (κ1) is 15.0. The molecule has 7 nitrogen and oxygen atoms in total. The van der Waals surface area contributed by atoms with Gasteiger partial charge in [0.25, 0.3) is 5.69 Å². The smallest absolute Gasteiger partial charge is 0.270 e. The number of nitrogens with one attached hydrogen (secondary N) is 1. The molecule has 0 spiro atoms. The second-order valence-electron chi connectivity index (χ2n) is 4.62.